The highest BCUT2D eigenvalue weighted by molar-refractivity contribution is 5.94. The summed E-state index contributed by atoms with van der Waals surface area (Å²) in [5, 5.41) is 24.9. The van der Waals surface area contributed by atoms with Gasteiger partial charge in [-0.2, -0.15) is 0 Å². The first kappa shape index (κ1) is 27.0. The predicted octanol–water partition coefficient (Wildman–Crippen LogP) is -3.42. The number of hydrogen-bond acceptors (Lipinski definition) is 8. The number of nitrogens with two attached hydrogens (primary N) is 2. The fourth-order valence-electron chi connectivity index (χ4n) is 2.62. The Bertz CT molecular complexity index is 873. The number of aromatic amines is 1. The number of H-pyrrole nitrogens is 1. The van der Waals surface area contributed by atoms with E-state index in [-0.39, 0.29) is 12.8 Å². The lowest BCUT2D eigenvalue weighted by atomic mass is 10.1. The van der Waals surface area contributed by atoms with Gasteiger partial charge in [-0.25, -0.2) is 9.78 Å². The molecule has 0 radical (unpaired) electrons. The lowest BCUT2D eigenvalue weighted by molar-refractivity contribution is -0.143. The van der Waals surface area contributed by atoms with E-state index in [4.69, 9.17) is 16.6 Å². The Morgan fingerprint density at radius 3 is 2.18 bits per heavy atom. The van der Waals surface area contributed by atoms with Gasteiger partial charge in [0.05, 0.1) is 18.8 Å². The van der Waals surface area contributed by atoms with Gasteiger partial charge >= 0.3 is 11.9 Å². The molecular formula is C18H27N7O8. The zero-order valence-corrected chi connectivity index (χ0v) is 17.7. The van der Waals surface area contributed by atoms with Crippen LogP contribution in [0.4, 0.5) is 0 Å². The van der Waals surface area contributed by atoms with E-state index >= 15 is 0 Å². The van der Waals surface area contributed by atoms with E-state index < -0.39 is 72.6 Å². The summed E-state index contributed by atoms with van der Waals surface area (Å²) in [6.07, 6.45) is 1.32. The minimum atomic E-state index is -1.50. The molecule has 0 bridgehead atoms. The van der Waals surface area contributed by atoms with Crippen LogP contribution in [0.25, 0.3) is 0 Å². The number of carboxylic acid groups (broad SMARTS) is 2. The largest absolute Gasteiger partial charge is 0.481 e. The molecule has 0 aliphatic heterocycles. The number of primary amides is 1. The standard InChI is InChI=1S/C18H27N7O8/c1-8(23-16(30)10(19)5-13(20)26)15(29)25-12(4-9-6-21-7-22-9)17(31)24-11(18(32)33)2-3-14(27)28/h6-8,10-12H,2-5,19H2,1H3,(H2,20,26)(H,21,22)(H,23,30)(H,24,31)(H,25,29)(H,27,28)(H,32,33). The molecule has 4 unspecified atom stereocenters. The fraction of sp³-hybridized carbons (Fsp3) is 0.500. The van der Waals surface area contributed by atoms with Crippen molar-refractivity contribution in [1.29, 1.82) is 0 Å². The highest BCUT2D eigenvalue weighted by Crippen LogP contribution is 2.04. The van der Waals surface area contributed by atoms with Gasteiger partial charge in [-0.1, -0.05) is 0 Å². The number of carbonyl (C=O) groups is 6. The molecule has 4 atom stereocenters. The highest BCUT2D eigenvalue weighted by atomic mass is 16.4. The van der Waals surface area contributed by atoms with E-state index in [9.17, 15) is 33.9 Å². The summed E-state index contributed by atoms with van der Waals surface area (Å²) in [5.41, 5.74) is 10.9. The number of carbonyl (C=O) groups excluding carboxylic acids is 4. The third-order valence-electron chi connectivity index (χ3n) is 4.38. The Hall–Kier alpha value is -4.01. The van der Waals surface area contributed by atoms with Crippen molar-refractivity contribution in [2.24, 2.45) is 11.5 Å². The third-order valence-corrected chi connectivity index (χ3v) is 4.38. The quantitative estimate of drug-likeness (QED) is 0.134. The number of nitrogens with one attached hydrogen (secondary N) is 4. The van der Waals surface area contributed by atoms with E-state index in [1.165, 1.54) is 19.4 Å². The molecule has 1 heterocycles. The summed E-state index contributed by atoms with van der Waals surface area (Å²) >= 11 is 0. The van der Waals surface area contributed by atoms with Gasteiger partial charge in [-0.05, 0) is 13.3 Å². The average Bonchev–Trinajstić information content (AvgIpc) is 3.22. The second-order valence-corrected chi connectivity index (χ2v) is 7.18. The van der Waals surface area contributed by atoms with E-state index in [2.05, 4.69) is 25.9 Å². The second-order valence-electron chi connectivity index (χ2n) is 7.18. The molecule has 0 saturated heterocycles. The Balaban J connectivity index is 2.88. The van der Waals surface area contributed by atoms with E-state index in [1.54, 1.807) is 0 Å². The van der Waals surface area contributed by atoms with Crippen molar-refractivity contribution >= 4 is 35.6 Å². The van der Waals surface area contributed by atoms with Gasteiger partial charge in [0.15, 0.2) is 0 Å². The van der Waals surface area contributed by atoms with Crippen LogP contribution in [-0.4, -0.2) is 79.9 Å². The maximum absolute atomic E-state index is 12.7. The molecule has 182 valence electrons. The minimum Gasteiger partial charge on any atom is -0.481 e. The van der Waals surface area contributed by atoms with E-state index in [0.29, 0.717) is 5.69 Å². The fourth-order valence-corrected chi connectivity index (χ4v) is 2.62. The zero-order valence-electron chi connectivity index (χ0n) is 17.7. The molecule has 10 N–H and O–H groups in total. The van der Waals surface area contributed by atoms with Crippen molar-refractivity contribution < 1.29 is 39.0 Å². The lowest BCUT2D eigenvalue weighted by Crippen LogP contribution is -2.57. The topological polar surface area (TPSA) is 260 Å². The number of aromatic nitrogens is 2. The van der Waals surface area contributed by atoms with Crippen LogP contribution in [0.15, 0.2) is 12.5 Å². The van der Waals surface area contributed by atoms with Gasteiger partial charge in [-0.3, -0.25) is 24.0 Å². The van der Waals surface area contributed by atoms with Crippen molar-refractivity contribution in [3.63, 3.8) is 0 Å². The summed E-state index contributed by atoms with van der Waals surface area (Å²) in [6, 6.07) is -5.23. The Morgan fingerprint density at radius 2 is 1.67 bits per heavy atom. The van der Waals surface area contributed by atoms with Crippen molar-refractivity contribution in [2.75, 3.05) is 0 Å². The Morgan fingerprint density at radius 1 is 1.03 bits per heavy atom. The summed E-state index contributed by atoms with van der Waals surface area (Å²) in [4.78, 5) is 76.8. The summed E-state index contributed by atoms with van der Waals surface area (Å²) < 4.78 is 0. The normalized spacial score (nSPS) is 14.2. The van der Waals surface area contributed by atoms with Crippen LogP contribution in [-0.2, 0) is 35.2 Å². The first-order valence-corrected chi connectivity index (χ1v) is 9.77. The van der Waals surface area contributed by atoms with Gasteiger partial charge in [0, 0.05) is 24.7 Å². The molecular weight excluding hydrogens is 442 g/mol. The van der Waals surface area contributed by atoms with Crippen LogP contribution in [0.5, 0.6) is 0 Å². The second kappa shape index (κ2) is 12.7. The van der Waals surface area contributed by atoms with Crippen molar-refractivity contribution in [1.82, 2.24) is 25.9 Å². The van der Waals surface area contributed by atoms with Crippen molar-refractivity contribution in [3.8, 4) is 0 Å². The van der Waals surface area contributed by atoms with Gasteiger partial charge < -0.3 is 42.6 Å². The van der Waals surface area contributed by atoms with Crippen LogP contribution in [0.1, 0.15) is 31.9 Å². The first-order valence-electron chi connectivity index (χ1n) is 9.77. The smallest absolute Gasteiger partial charge is 0.326 e. The highest BCUT2D eigenvalue weighted by Gasteiger charge is 2.29. The zero-order chi connectivity index (χ0) is 25.1. The number of hydrogen-bond donors (Lipinski definition) is 8. The van der Waals surface area contributed by atoms with Gasteiger partial charge in [0.2, 0.25) is 23.6 Å². The SMILES string of the molecule is CC(NC(=O)C(N)CC(N)=O)C(=O)NC(Cc1cnc[nH]1)C(=O)NC(CCC(=O)O)C(=O)O. The molecule has 0 spiro atoms. The van der Waals surface area contributed by atoms with Gasteiger partial charge in [0.1, 0.15) is 18.1 Å². The molecule has 33 heavy (non-hydrogen) atoms. The molecule has 0 aliphatic rings. The van der Waals surface area contributed by atoms with Crippen LogP contribution < -0.4 is 27.4 Å². The lowest BCUT2D eigenvalue weighted by Gasteiger charge is -2.23. The van der Waals surface area contributed by atoms with Crippen molar-refractivity contribution in [2.45, 2.75) is 56.8 Å². The molecule has 1 rings (SSSR count). The van der Waals surface area contributed by atoms with Crippen molar-refractivity contribution in [3.05, 3.63) is 18.2 Å². The monoisotopic (exact) mass is 469 g/mol. The molecule has 1 aromatic heterocycles. The van der Waals surface area contributed by atoms with Crippen LogP contribution in [0.2, 0.25) is 0 Å². The molecule has 1 aromatic rings. The Kier molecular flexibility index (Phi) is 10.4. The summed E-state index contributed by atoms with van der Waals surface area (Å²) in [6.45, 7) is 1.31. The van der Waals surface area contributed by atoms with E-state index in [0.717, 1.165) is 0 Å². The maximum atomic E-state index is 12.7. The van der Waals surface area contributed by atoms with Crippen LogP contribution in [0.3, 0.4) is 0 Å². The first-order chi connectivity index (χ1) is 15.4. The predicted molar refractivity (Wildman–Crippen MR) is 110 cm³/mol. The average molecular weight is 469 g/mol. The number of imidazole rings is 1. The van der Waals surface area contributed by atoms with Crippen LogP contribution >= 0.6 is 0 Å². The van der Waals surface area contributed by atoms with Gasteiger partial charge in [-0.15, -0.1) is 0 Å². The molecule has 15 nitrogen and oxygen atoms in total. The molecule has 0 aromatic carbocycles. The van der Waals surface area contributed by atoms with E-state index in [1.807, 2.05) is 0 Å². The minimum absolute atomic E-state index is 0.106. The molecule has 15 heteroatoms. The number of aliphatic carboxylic acids is 2. The molecule has 4 amide bonds. The summed E-state index contributed by atoms with van der Waals surface area (Å²) in [7, 11) is 0. The van der Waals surface area contributed by atoms with Crippen LogP contribution in [0, 0.1) is 0 Å². The molecule has 0 fully saturated rings. The maximum Gasteiger partial charge on any atom is 0.326 e. The molecule has 0 aliphatic carbocycles. The summed E-state index contributed by atoms with van der Waals surface area (Å²) in [5.74, 6) is -5.99. The number of rotatable bonds is 14. The van der Waals surface area contributed by atoms with Gasteiger partial charge in [0.25, 0.3) is 0 Å². The molecule has 0 saturated carbocycles. The third kappa shape index (κ3) is 9.77. The Labute approximate surface area is 187 Å². The number of amides is 4. The number of nitrogens with zero attached hydrogens (tertiary/aromatic N) is 1. The number of carboxylic acids is 2.